The Morgan fingerprint density at radius 2 is 1.86 bits per heavy atom. The number of benzene rings is 2. The first-order valence-corrected chi connectivity index (χ1v) is 12.4. The minimum atomic E-state index is -0.756. The van der Waals surface area contributed by atoms with E-state index in [-0.39, 0.29) is 16.9 Å². The SMILES string of the molecule is Cc1cc(-c2c(C)nc(-c3cccc(F)c3O)n(CCc3ccccc3)c2=O)sc1-c1cnn(C)c1. The molecule has 0 atom stereocenters. The Kier molecular flexibility index (Phi) is 6.28. The fraction of sp³-hybridized carbons (Fsp3) is 0.179. The molecule has 0 bridgehead atoms. The molecule has 6 nitrogen and oxygen atoms in total. The average Bonchev–Trinajstić information content (AvgIpc) is 3.46. The third-order valence-electron chi connectivity index (χ3n) is 6.18. The van der Waals surface area contributed by atoms with E-state index in [9.17, 15) is 14.3 Å². The number of para-hydroxylation sites is 1. The van der Waals surface area contributed by atoms with Crippen molar-refractivity contribution in [3.8, 4) is 38.0 Å². The average molecular weight is 501 g/mol. The van der Waals surface area contributed by atoms with Crippen LogP contribution < -0.4 is 5.56 Å². The van der Waals surface area contributed by atoms with E-state index >= 15 is 0 Å². The lowest BCUT2D eigenvalue weighted by Crippen LogP contribution is -2.27. The van der Waals surface area contributed by atoms with Gasteiger partial charge in [0.25, 0.3) is 5.56 Å². The molecule has 1 N–H and O–H groups in total. The van der Waals surface area contributed by atoms with Crippen molar-refractivity contribution in [2.45, 2.75) is 26.8 Å². The van der Waals surface area contributed by atoms with Crippen molar-refractivity contribution in [1.29, 1.82) is 0 Å². The summed E-state index contributed by atoms with van der Waals surface area (Å²) in [6, 6.07) is 16.1. The predicted molar refractivity (Wildman–Crippen MR) is 141 cm³/mol. The molecule has 36 heavy (non-hydrogen) atoms. The standard InChI is InChI=1S/C28H25FN4O2S/c1-17-14-23(36-26(17)20-15-30-32(3)16-20)24-18(2)31-27(21-10-7-11-22(29)25(21)34)33(28(24)35)13-12-19-8-5-4-6-9-19/h4-11,14-16,34H,12-13H2,1-3H3. The second-order valence-electron chi connectivity index (χ2n) is 8.75. The number of hydrogen-bond donors (Lipinski definition) is 1. The number of phenols is 1. The molecule has 182 valence electrons. The van der Waals surface area contributed by atoms with Crippen molar-refractivity contribution in [3.05, 3.63) is 100.0 Å². The third kappa shape index (κ3) is 4.35. The molecule has 0 saturated heterocycles. The van der Waals surface area contributed by atoms with Crippen molar-refractivity contribution in [1.82, 2.24) is 19.3 Å². The van der Waals surface area contributed by atoms with Gasteiger partial charge in [-0.3, -0.25) is 14.0 Å². The van der Waals surface area contributed by atoms with E-state index < -0.39 is 11.6 Å². The molecule has 0 fully saturated rings. The number of hydrogen-bond acceptors (Lipinski definition) is 5. The van der Waals surface area contributed by atoms with Gasteiger partial charge in [-0.2, -0.15) is 5.10 Å². The van der Waals surface area contributed by atoms with Gasteiger partial charge in [-0.1, -0.05) is 36.4 Å². The Morgan fingerprint density at radius 3 is 2.58 bits per heavy atom. The zero-order valence-electron chi connectivity index (χ0n) is 20.2. The summed E-state index contributed by atoms with van der Waals surface area (Å²) in [5.41, 5.74) is 4.09. The number of halogens is 1. The molecule has 2 aromatic carbocycles. The largest absolute Gasteiger partial charge is 0.504 e. The van der Waals surface area contributed by atoms with Crippen molar-refractivity contribution in [3.63, 3.8) is 0 Å². The molecule has 0 amide bonds. The molecule has 0 saturated carbocycles. The smallest absolute Gasteiger partial charge is 0.262 e. The monoisotopic (exact) mass is 500 g/mol. The maximum atomic E-state index is 14.2. The van der Waals surface area contributed by atoms with E-state index in [0.717, 1.165) is 26.4 Å². The zero-order chi connectivity index (χ0) is 25.4. The summed E-state index contributed by atoms with van der Waals surface area (Å²) in [6.07, 6.45) is 4.34. The lowest BCUT2D eigenvalue weighted by atomic mass is 10.1. The summed E-state index contributed by atoms with van der Waals surface area (Å²) in [7, 11) is 1.87. The highest BCUT2D eigenvalue weighted by Crippen LogP contribution is 2.38. The number of thiophene rings is 1. The summed E-state index contributed by atoms with van der Waals surface area (Å²) in [5.74, 6) is -1.03. The molecule has 8 heteroatoms. The molecule has 0 aliphatic heterocycles. The van der Waals surface area contributed by atoms with Crippen LogP contribution in [0.4, 0.5) is 4.39 Å². The highest BCUT2D eigenvalue weighted by molar-refractivity contribution is 7.19. The minimum absolute atomic E-state index is 0.188. The van der Waals surface area contributed by atoms with Crippen LogP contribution >= 0.6 is 11.3 Å². The van der Waals surface area contributed by atoms with Crippen molar-refractivity contribution < 1.29 is 9.50 Å². The maximum absolute atomic E-state index is 14.2. The van der Waals surface area contributed by atoms with Crippen LogP contribution in [-0.2, 0) is 20.0 Å². The van der Waals surface area contributed by atoms with Gasteiger partial charge in [0.05, 0.1) is 23.0 Å². The second-order valence-corrected chi connectivity index (χ2v) is 9.80. The fourth-order valence-electron chi connectivity index (χ4n) is 4.37. The van der Waals surface area contributed by atoms with Gasteiger partial charge < -0.3 is 5.11 Å². The lowest BCUT2D eigenvalue weighted by molar-refractivity contribution is 0.433. The highest BCUT2D eigenvalue weighted by atomic mass is 32.1. The second kappa shape index (κ2) is 9.54. The topological polar surface area (TPSA) is 72.9 Å². The third-order valence-corrected chi connectivity index (χ3v) is 7.48. The molecular weight excluding hydrogens is 475 g/mol. The molecular formula is C28H25FN4O2S. The summed E-state index contributed by atoms with van der Waals surface area (Å²) in [5, 5.41) is 14.7. The van der Waals surface area contributed by atoms with Gasteiger partial charge in [0.2, 0.25) is 0 Å². The van der Waals surface area contributed by atoms with Crippen LogP contribution in [0.1, 0.15) is 16.8 Å². The molecule has 0 radical (unpaired) electrons. The van der Waals surface area contributed by atoms with Crippen LogP contribution in [0.15, 0.2) is 71.8 Å². The number of nitrogens with zero attached hydrogens (tertiary/aromatic N) is 4. The molecule has 0 unspecified atom stereocenters. The quantitative estimate of drug-likeness (QED) is 0.323. The number of phenolic OH excluding ortho intramolecular Hbond substituents is 1. The number of rotatable bonds is 6. The van der Waals surface area contributed by atoms with Crippen LogP contribution in [0.2, 0.25) is 0 Å². The van der Waals surface area contributed by atoms with Crippen LogP contribution in [0.25, 0.3) is 32.3 Å². The molecule has 5 rings (SSSR count). The van der Waals surface area contributed by atoms with Crippen LogP contribution in [0, 0.1) is 19.7 Å². The molecule has 3 aromatic heterocycles. The van der Waals surface area contributed by atoms with Gasteiger partial charge in [-0.25, -0.2) is 9.37 Å². The predicted octanol–water partition coefficient (Wildman–Crippen LogP) is 5.74. The van der Waals surface area contributed by atoms with Gasteiger partial charge in [-0.15, -0.1) is 11.3 Å². The maximum Gasteiger partial charge on any atom is 0.262 e. The van der Waals surface area contributed by atoms with Gasteiger partial charge in [-0.05, 0) is 49.6 Å². The molecule has 3 heterocycles. The van der Waals surface area contributed by atoms with E-state index in [1.165, 1.54) is 23.5 Å². The summed E-state index contributed by atoms with van der Waals surface area (Å²) in [4.78, 5) is 20.6. The normalized spacial score (nSPS) is 11.2. The molecule has 0 aliphatic rings. The number of aromatic nitrogens is 4. The van der Waals surface area contributed by atoms with E-state index in [2.05, 4.69) is 5.10 Å². The molecule has 5 aromatic rings. The van der Waals surface area contributed by atoms with Crippen molar-refractivity contribution in [2.24, 2.45) is 7.05 Å². The first kappa shape index (κ1) is 23.7. The lowest BCUT2D eigenvalue weighted by Gasteiger charge is -2.16. The van der Waals surface area contributed by atoms with E-state index in [1.807, 2.05) is 62.8 Å². The van der Waals surface area contributed by atoms with E-state index in [1.54, 1.807) is 22.2 Å². The molecule has 0 aliphatic carbocycles. The van der Waals surface area contributed by atoms with E-state index in [0.29, 0.717) is 24.2 Å². The zero-order valence-corrected chi connectivity index (χ0v) is 21.0. The van der Waals surface area contributed by atoms with Crippen LogP contribution in [0.5, 0.6) is 5.75 Å². The Morgan fingerprint density at radius 1 is 1.08 bits per heavy atom. The Balaban J connectivity index is 1.67. The summed E-state index contributed by atoms with van der Waals surface area (Å²) < 4.78 is 17.5. The van der Waals surface area contributed by atoms with E-state index in [4.69, 9.17) is 4.98 Å². The van der Waals surface area contributed by atoms with Gasteiger partial charge in [0, 0.05) is 35.1 Å². The van der Waals surface area contributed by atoms with Crippen molar-refractivity contribution in [2.75, 3.05) is 0 Å². The Bertz CT molecular complexity index is 1620. The van der Waals surface area contributed by atoms with Crippen LogP contribution in [0.3, 0.4) is 0 Å². The summed E-state index contributed by atoms with van der Waals surface area (Å²) in [6.45, 7) is 4.11. The van der Waals surface area contributed by atoms with Gasteiger partial charge in [0.15, 0.2) is 11.6 Å². The van der Waals surface area contributed by atoms with Crippen molar-refractivity contribution >= 4 is 11.3 Å². The van der Waals surface area contributed by atoms with Gasteiger partial charge in [0.1, 0.15) is 5.82 Å². The minimum Gasteiger partial charge on any atom is -0.504 e. The number of aromatic hydroxyl groups is 1. The Labute approximate surface area is 212 Å². The first-order chi connectivity index (χ1) is 17.3. The fourth-order valence-corrected chi connectivity index (χ4v) is 5.61. The van der Waals surface area contributed by atoms with Crippen LogP contribution in [-0.4, -0.2) is 24.4 Å². The van der Waals surface area contributed by atoms with Gasteiger partial charge >= 0.3 is 0 Å². The molecule has 0 spiro atoms. The highest BCUT2D eigenvalue weighted by Gasteiger charge is 2.22. The first-order valence-electron chi connectivity index (χ1n) is 11.6. The Hall–Kier alpha value is -4.04. The summed E-state index contributed by atoms with van der Waals surface area (Å²) >= 11 is 1.52. The number of aryl methyl sites for hydroxylation is 4.